The second kappa shape index (κ2) is 4.06. The van der Waals surface area contributed by atoms with Gasteiger partial charge in [-0.05, 0) is 6.92 Å². The minimum Gasteiger partial charge on any atom is -0.411 e. The molecule has 0 aliphatic rings. The Labute approximate surface area is 72.2 Å². The van der Waals surface area contributed by atoms with Gasteiger partial charge in [-0.15, -0.1) is 0 Å². The maximum atomic E-state index is 8.58. The molecular weight excluding hydrogens is 158 g/mol. The molecule has 70 valence electrons. The first-order valence-corrected chi connectivity index (χ1v) is 3.61. The van der Waals surface area contributed by atoms with E-state index in [4.69, 9.17) is 10.4 Å². The van der Waals surface area contributed by atoms with Gasteiger partial charge in [-0.3, -0.25) is 0 Å². The van der Waals surface area contributed by atoms with Crippen molar-refractivity contribution in [1.29, 1.82) is 0 Å². The van der Waals surface area contributed by atoms with Gasteiger partial charge in [-0.1, -0.05) is 10.3 Å². The molecule has 0 radical (unpaired) electrons. The molecule has 0 saturated heterocycles. The average Bonchev–Trinajstić information content (AvgIpc) is 1.97. The molecule has 0 saturated carbocycles. The monoisotopic (exact) mass is 174 g/mol. The summed E-state index contributed by atoms with van der Waals surface area (Å²) in [5.74, 6) is 0. The standard InChI is InChI=1S/C7H15N3O2/c1-6(8-11)7(9-12)5-10(2,3)4/h5H2,1-4H3,(H-,11,12)/p+1. The molecule has 0 amide bonds. The van der Waals surface area contributed by atoms with Gasteiger partial charge in [0.05, 0.1) is 21.1 Å². The number of hydrogen-bond donors (Lipinski definition) is 2. The van der Waals surface area contributed by atoms with Crippen molar-refractivity contribution >= 4 is 11.4 Å². The molecule has 5 nitrogen and oxygen atoms in total. The highest BCUT2D eigenvalue weighted by Gasteiger charge is 2.15. The van der Waals surface area contributed by atoms with Gasteiger partial charge < -0.3 is 14.9 Å². The topological polar surface area (TPSA) is 65.2 Å². The van der Waals surface area contributed by atoms with E-state index in [2.05, 4.69) is 10.3 Å². The SMILES string of the molecule is CC(=NO)C(C[N+](C)(C)C)=NO. The Kier molecular flexibility index (Phi) is 3.69. The highest BCUT2D eigenvalue weighted by Crippen LogP contribution is 1.94. The summed E-state index contributed by atoms with van der Waals surface area (Å²) in [4.78, 5) is 0. The minimum atomic E-state index is 0.338. The Morgan fingerprint density at radius 1 is 1.17 bits per heavy atom. The van der Waals surface area contributed by atoms with E-state index < -0.39 is 0 Å². The van der Waals surface area contributed by atoms with Crippen molar-refractivity contribution < 1.29 is 14.9 Å². The zero-order valence-electron chi connectivity index (χ0n) is 7.94. The highest BCUT2D eigenvalue weighted by atomic mass is 16.4. The number of rotatable bonds is 3. The molecule has 0 aromatic rings. The third-order valence-electron chi connectivity index (χ3n) is 1.31. The van der Waals surface area contributed by atoms with E-state index in [1.165, 1.54) is 0 Å². The summed E-state index contributed by atoms with van der Waals surface area (Å²) >= 11 is 0. The smallest absolute Gasteiger partial charge is 0.158 e. The van der Waals surface area contributed by atoms with Crippen molar-refractivity contribution in [2.45, 2.75) is 6.92 Å². The summed E-state index contributed by atoms with van der Waals surface area (Å²) in [7, 11) is 5.86. The molecule has 0 rings (SSSR count). The van der Waals surface area contributed by atoms with Gasteiger partial charge in [0.1, 0.15) is 12.3 Å². The third-order valence-corrected chi connectivity index (χ3v) is 1.31. The van der Waals surface area contributed by atoms with Crippen LogP contribution in [-0.2, 0) is 0 Å². The van der Waals surface area contributed by atoms with Crippen LogP contribution < -0.4 is 0 Å². The van der Waals surface area contributed by atoms with E-state index in [9.17, 15) is 0 Å². The minimum absolute atomic E-state index is 0.338. The molecule has 0 unspecified atom stereocenters. The Hall–Kier alpha value is -1.10. The maximum absolute atomic E-state index is 8.58. The fraction of sp³-hybridized carbons (Fsp3) is 0.714. The summed E-state index contributed by atoms with van der Waals surface area (Å²) in [6.07, 6.45) is 0. The van der Waals surface area contributed by atoms with Gasteiger partial charge in [0.2, 0.25) is 0 Å². The molecule has 0 atom stereocenters. The lowest BCUT2D eigenvalue weighted by Gasteiger charge is -2.23. The van der Waals surface area contributed by atoms with Crippen LogP contribution in [0.15, 0.2) is 10.3 Å². The predicted molar refractivity (Wildman–Crippen MR) is 47.0 cm³/mol. The van der Waals surface area contributed by atoms with Crippen LogP contribution in [0, 0.1) is 0 Å². The van der Waals surface area contributed by atoms with Crippen LogP contribution in [0.2, 0.25) is 0 Å². The lowest BCUT2D eigenvalue weighted by molar-refractivity contribution is -0.860. The normalized spacial score (nSPS) is 15.0. The molecule has 0 fully saturated rings. The predicted octanol–water partition coefficient (Wildman–Crippen LogP) is 0.373. The number of hydrogen-bond acceptors (Lipinski definition) is 4. The summed E-state index contributed by atoms with van der Waals surface area (Å²) < 4.78 is 0.617. The molecular formula is C7H16N3O2+. The van der Waals surface area contributed by atoms with Gasteiger partial charge >= 0.3 is 0 Å². The fourth-order valence-electron chi connectivity index (χ4n) is 0.725. The zero-order chi connectivity index (χ0) is 9.78. The van der Waals surface area contributed by atoms with Gasteiger partial charge in [-0.2, -0.15) is 0 Å². The summed E-state index contributed by atoms with van der Waals surface area (Å²) in [5.41, 5.74) is 0.732. The van der Waals surface area contributed by atoms with E-state index in [-0.39, 0.29) is 0 Å². The van der Waals surface area contributed by atoms with Crippen LogP contribution in [0.3, 0.4) is 0 Å². The molecule has 0 aliphatic carbocycles. The first-order chi connectivity index (χ1) is 5.40. The molecule has 0 aromatic heterocycles. The summed E-state index contributed by atoms with van der Waals surface area (Å²) in [5, 5.41) is 23.0. The second-order valence-corrected chi connectivity index (χ2v) is 3.68. The lowest BCUT2D eigenvalue weighted by Crippen LogP contribution is -2.41. The van der Waals surface area contributed by atoms with Crippen LogP contribution in [0.25, 0.3) is 0 Å². The zero-order valence-corrected chi connectivity index (χ0v) is 7.94. The van der Waals surface area contributed by atoms with Gasteiger partial charge in [0.25, 0.3) is 0 Å². The maximum Gasteiger partial charge on any atom is 0.158 e. The molecule has 0 heterocycles. The molecule has 5 heteroatoms. The van der Waals surface area contributed by atoms with Crippen molar-refractivity contribution in [1.82, 2.24) is 0 Å². The largest absolute Gasteiger partial charge is 0.411 e. The van der Waals surface area contributed by atoms with Crippen molar-refractivity contribution in [2.75, 3.05) is 27.7 Å². The molecule has 0 aliphatic heterocycles. The molecule has 0 aromatic carbocycles. The molecule has 0 spiro atoms. The van der Waals surface area contributed by atoms with Crippen molar-refractivity contribution in [3.05, 3.63) is 0 Å². The second-order valence-electron chi connectivity index (χ2n) is 3.68. The van der Waals surface area contributed by atoms with E-state index >= 15 is 0 Å². The summed E-state index contributed by atoms with van der Waals surface area (Å²) in [6.45, 7) is 2.11. The molecule has 0 bridgehead atoms. The van der Waals surface area contributed by atoms with Crippen molar-refractivity contribution in [2.24, 2.45) is 10.3 Å². The fourth-order valence-corrected chi connectivity index (χ4v) is 0.725. The number of quaternary nitrogens is 1. The van der Waals surface area contributed by atoms with E-state index in [1.807, 2.05) is 21.1 Å². The highest BCUT2D eigenvalue weighted by molar-refractivity contribution is 6.41. The average molecular weight is 174 g/mol. The number of nitrogens with zero attached hydrogens (tertiary/aromatic N) is 3. The van der Waals surface area contributed by atoms with Crippen LogP contribution in [0.5, 0.6) is 0 Å². The van der Waals surface area contributed by atoms with Crippen molar-refractivity contribution in [3.8, 4) is 0 Å². The molecule has 2 N–H and O–H groups in total. The summed E-state index contributed by atoms with van der Waals surface area (Å²) in [6, 6.07) is 0. The number of oxime groups is 2. The van der Waals surface area contributed by atoms with E-state index in [1.54, 1.807) is 6.92 Å². The van der Waals surface area contributed by atoms with Crippen LogP contribution in [-0.4, -0.2) is 54.0 Å². The van der Waals surface area contributed by atoms with Gasteiger partial charge in [0.15, 0.2) is 5.71 Å². The Balaban J connectivity index is 4.43. The first kappa shape index (κ1) is 10.9. The Bertz CT molecular complexity index is 203. The van der Waals surface area contributed by atoms with E-state index in [0.29, 0.717) is 22.5 Å². The van der Waals surface area contributed by atoms with Crippen LogP contribution >= 0.6 is 0 Å². The van der Waals surface area contributed by atoms with Crippen LogP contribution in [0.1, 0.15) is 6.92 Å². The quantitative estimate of drug-likeness (QED) is 0.281. The van der Waals surface area contributed by atoms with Gasteiger partial charge in [-0.25, -0.2) is 0 Å². The van der Waals surface area contributed by atoms with Crippen LogP contribution in [0.4, 0.5) is 0 Å². The first-order valence-electron chi connectivity index (χ1n) is 3.61. The van der Waals surface area contributed by atoms with Crippen molar-refractivity contribution in [3.63, 3.8) is 0 Å². The van der Waals surface area contributed by atoms with Gasteiger partial charge in [0, 0.05) is 0 Å². The third kappa shape index (κ3) is 3.92. The lowest BCUT2D eigenvalue weighted by atomic mass is 10.2. The van der Waals surface area contributed by atoms with E-state index in [0.717, 1.165) is 0 Å². The Morgan fingerprint density at radius 3 is 1.92 bits per heavy atom. The Morgan fingerprint density at radius 2 is 1.67 bits per heavy atom. The molecule has 12 heavy (non-hydrogen) atoms.